The molecule has 0 aliphatic rings. The van der Waals surface area contributed by atoms with Gasteiger partial charge >= 0.3 is 0 Å². The average molecular weight is 388 g/mol. The van der Waals surface area contributed by atoms with Gasteiger partial charge in [0.25, 0.3) is 0 Å². The first-order valence-corrected chi connectivity index (χ1v) is 5.30. The molecule has 0 N–H and O–H groups in total. The van der Waals surface area contributed by atoms with Gasteiger partial charge in [-0.2, -0.15) is 35.9 Å². The fourth-order valence-electron chi connectivity index (χ4n) is 1.59. The van der Waals surface area contributed by atoms with Crippen LogP contribution in [0.3, 0.4) is 0 Å². The quantitative estimate of drug-likeness (QED) is 0.734. The maximum Gasteiger partial charge on any atom is 0.0403 e. The van der Waals surface area contributed by atoms with Crippen LogP contribution in [-0.2, 0) is 32.9 Å². The van der Waals surface area contributed by atoms with Gasteiger partial charge in [-0.3, -0.25) is 4.98 Å². The van der Waals surface area contributed by atoms with Crippen LogP contribution in [0.15, 0.2) is 48.7 Å². The summed E-state index contributed by atoms with van der Waals surface area (Å²) >= 11 is 0. The number of nitrogens with zero attached hydrogens (tertiary/aromatic N) is 1. The molecule has 0 unspecified atom stereocenters. The molecule has 0 fully saturated rings. The smallest absolute Gasteiger partial charge is 0.0403 e. The minimum absolute atomic E-state index is 0. The van der Waals surface area contributed by atoms with E-state index in [-0.39, 0.29) is 20.1 Å². The number of benzene rings is 1. The molecule has 0 saturated heterocycles. The predicted molar refractivity (Wildman–Crippen MR) is 61.5 cm³/mol. The summed E-state index contributed by atoms with van der Waals surface area (Å²) in [5.41, 5.74) is 2.46. The Morgan fingerprint density at radius 2 is 1.88 bits per heavy atom. The van der Waals surface area contributed by atoms with Crippen LogP contribution in [0.4, 0.5) is 0 Å². The van der Waals surface area contributed by atoms with Crippen molar-refractivity contribution >= 4 is 0 Å². The molecule has 1 radical (unpaired) electrons. The van der Waals surface area contributed by atoms with E-state index in [2.05, 4.69) is 29.2 Å². The number of pyridine rings is 1. The van der Waals surface area contributed by atoms with Crippen LogP contribution >= 0.6 is 0 Å². The van der Waals surface area contributed by atoms with Crippen LogP contribution in [0.1, 0.15) is 17.7 Å². The number of hydrogen-bond acceptors (Lipinski definition) is 1. The van der Waals surface area contributed by atoms with Crippen LogP contribution < -0.4 is 0 Å². The molecule has 0 saturated carbocycles. The summed E-state index contributed by atoms with van der Waals surface area (Å²) in [4.78, 5) is 4.30. The van der Waals surface area contributed by atoms with Gasteiger partial charge in [-0.1, -0.05) is 12.5 Å². The molecule has 85 valence electrons. The number of aromatic nitrogens is 1. The molecule has 0 amide bonds. The fraction of sp³-hybridized carbons (Fsp3) is 0.214. The van der Waals surface area contributed by atoms with E-state index < -0.39 is 0 Å². The Labute approximate surface area is 110 Å². The molecule has 1 nitrogen and oxygen atoms in total. The second-order valence-corrected chi connectivity index (χ2v) is 3.56. The molecule has 2 heteroatoms. The standard InChI is InChI=1S/C14H14N.Ir/c1-2-7-13(8-3-1)9-6-11-14-10-4-5-12-15-14;/h1-5,7,10,12H,6,9,11H2;/q-1;. The Bertz CT molecular complexity index is 346. The van der Waals surface area contributed by atoms with Crippen molar-refractivity contribution in [1.29, 1.82) is 0 Å². The minimum atomic E-state index is 0. The molecule has 0 aliphatic carbocycles. The monoisotopic (exact) mass is 389 g/mol. The first kappa shape index (κ1) is 13.1. The SMILES string of the molecule is [Ir].[c-]1ccccc1CCCc1ccccn1. The molecular formula is C14H14IrN-. The zero-order chi connectivity index (χ0) is 10.3. The Hall–Kier alpha value is -0.981. The maximum atomic E-state index is 4.30. The Morgan fingerprint density at radius 1 is 1.00 bits per heavy atom. The molecule has 0 aliphatic heterocycles. The van der Waals surface area contributed by atoms with E-state index >= 15 is 0 Å². The summed E-state index contributed by atoms with van der Waals surface area (Å²) in [6, 6.07) is 17.5. The Balaban J connectivity index is 0.00000128. The average Bonchev–Trinajstić information content (AvgIpc) is 2.32. The third-order valence-corrected chi connectivity index (χ3v) is 2.38. The van der Waals surface area contributed by atoms with Gasteiger partial charge in [0.05, 0.1) is 0 Å². The largest absolute Gasteiger partial charge is 0.261 e. The minimum Gasteiger partial charge on any atom is -0.261 e. The van der Waals surface area contributed by atoms with Gasteiger partial charge in [-0.25, -0.2) is 0 Å². The molecule has 2 aromatic rings. The molecular weight excluding hydrogens is 374 g/mol. The topological polar surface area (TPSA) is 12.9 Å². The van der Waals surface area contributed by atoms with Gasteiger partial charge in [-0.05, 0) is 25.0 Å². The normalized spacial score (nSPS) is 9.50. The molecule has 0 bridgehead atoms. The summed E-state index contributed by atoms with van der Waals surface area (Å²) in [5.74, 6) is 0. The van der Waals surface area contributed by atoms with Crippen molar-refractivity contribution in [3.8, 4) is 0 Å². The van der Waals surface area contributed by atoms with E-state index in [1.54, 1.807) is 0 Å². The molecule has 2 rings (SSSR count). The third kappa shape index (κ3) is 4.26. The van der Waals surface area contributed by atoms with E-state index in [0.717, 1.165) is 19.3 Å². The number of aryl methyl sites for hydroxylation is 2. The molecule has 1 heterocycles. The Kier molecular flexibility index (Phi) is 5.99. The molecule has 1 aromatic carbocycles. The van der Waals surface area contributed by atoms with Crippen molar-refractivity contribution in [2.75, 3.05) is 0 Å². The summed E-state index contributed by atoms with van der Waals surface area (Å²) in [6.45, 7) is 0. The van der Waals surface area contributed by atoms with E-state index in [4.69, 9.17) is 0 Å². The second-order valence-electron chi connectivity index (χ2n) is 3.56. The number of rotatable bonds is 4. The van der Waals surface area contributed by atoms with Crippen LogP contribution in [0.25, 0.3) is 0 Å². The van der Waals surface area contributed by atoms with E-state index in [9.17, 15) is 0 Å². The first-order chi connectivity index (χ1) is 7.45. The van der Waals surface area contributed by atoms with E-state index in [1.165, 1.54) is 11.3 Å². The first-order valence-electron chi connectivity index (χ1n) is 5.30. The van der Waals surface area contributed by atoms with Crippen LogP contribution in [0, 0.1) is 6.07 Å². The van der Waals surface area contributed by atoms with Crippen LogP contribution in [-0.4, -0.2) is 4.98 Å². The van der Waals surface area contributed by atoms with Crippen molar-refractivity contribution in [3.63, 3.8) is 0 Å². The van der Waals surface area contributed by atoms with Crippen molar-refractivity contribution in [2.24, 2.45) is 0 Å². The summed E-state index contributed by atoms with van der Waals surface area (Å²) in [7, 11) is 0. The zero-order valence-electron chi connectivity index (χ0n) is 9.02. The summed E-state index contributed by atoms with van der Waals surface area (Å²) < 4.78 is 0. The molecule has 1 aromatic heterocycles. The van der Waals surface area contributed by atoms with Gasteiger partial charge in [0.2, 0.25) is 0 Å². The molecule has 0 atom stereocenters. The fourth-order valence-corrected chi connectivity index (χ4v) is 1.59. The number of hydrogen-bond donors (Lipinski definition) is 0. The van der Waals surface area contributed by atoms with Gasteiger partial charge < -0.3 is 0 Å². The summed E-state index contributed by atoms with van der Waals surface area (Å²) in [5, 5.41) is 0. The van der Waals surface area contributed by atoms with E-state index in [0.29, 0.717) is 0 Å². The van der Waals surface area contributed by atoms with Crippen molar-refractivity contribution in [2.45, 2.75) is 19.3 Å². The Morgan fingerprint density at radius 3 is 2.56 bits per heavy atom. The van der Waals surface area contributed by atoms with Gasteiger partial charge in [0, 0.05) is 32.0 Å². The van der Waals surface area contributed by atoms with Crippen LogP contribution in [0.2, 0.25) is 0 Å². The van der Waals surface area contributed by atoms with Gasteiger partial charge in [0.1, 0.15) is 0 Å². The van der Waals surface area contributed by atoms with E-state index in [1.807, 2.05) is 30.5 Å². The third-order valence-electron chi connectivity index (χ3n) is 2.38. The summed E-state index contributed by atoms with van der Waals surface area (Å²) in [6.07, 6.45) is 5.11. The van der Waals surface area contributed by atoms with Crippen molar-refractivity contribution in [1.82, 2.24) is 4.98 Å². The van der Waals surface area contributed by atoms with Gasteiger partial charge in [0.15, 0.2) is 0 Å². The van der Waals surface area contributed by atoms with Gasteiger partial charge in [-0.15, -0.1) is 0 Å². The molecule has 0 spiro atoms. The maximum absolute atomic E-state index is 4.30. The second kappa shape index (κ2) is 7.32. The van der Waals surface area contributed by atoms with Crippen molar-refractivity contribution in [3.05, 3.63) is 66.0 Å². The zero-order valence-corrected chi connectivity index (χ0v) is 11.4. The molecule has 16 heavy (non-hydrogen) atoms. The van der Waals surface area contributed by atoms with Crippen LogP contribution in [0.5, 0.6) is 0 Å². The van der Waals surface area contributed by atoms with Crippen molar-refractivity contribution < 1.29 is 20.1 Å². The predicted octanol–water partition coefficient (Wildman–Crippen LogP) is 3.05.